The number of nitriles is 1. The second-order valence-corrected chi connectivity index (χ2v) is 8.06. The summed E-state index contributed by atoms with van der Waals surface area (Å²) in [6, 6.07) is 17.6. The number of rotatable bonds is 10. The van der Waals surface area contributed by atoms with Crippen molar-refractivity contribution in [1.29, 1.82) is 5.26 Å². The van der Waals surface area contributed by atoms with Crippen molar-refractivity contribution in [2.75, 3.05) is 14.2 Å². The van der Waals surface area contributed by atoms with E-state index in [1.165, 1.54) is 19.2 Å². The molecule has 9 nitrogen and oxygen atoms in total. The Balaban J connectivity index is 1.68. The van der Waals surface area contributed by atoms with E-state index < -0.39 is 4.92 Å². The molecule has 0 spiro atoms. The second kappa shape index (κ2) is 11.1. The van der Waals surface area contributed by atoms with Crippen LogP contribution in [0.15, 0.2) is 67.3 Å². The van der Waals surface area contributed by atoms with Gasteiger partial charge in [-0.1, -0.05) is 18.2 Å². The van der Waals surface area contributed by atoms with Gasteiger partial charge in [0.25, 0.3) is 5.69 Å². The lowest BCUT2D eigenvalue weighted by Crippen LogP contribution is -2.02. The lowest BCUT2D eigenvalue weighted by atomic mass is 10.0. The van der Waals surface area contributed by atoms with Gasteiger partial charge in [-0.25, -0.2) is 4.98 Å². The van der Waals surface area contributed by atoms with Crippen molar-refractivity contribution in [1.82, 2.24) is 9.97 Å². The molecule has 9 heteroatoms. The molecule has 4 rings (SSSR count). The fourth-order valence-electron chi connectivity index (χ4n) is 3.87. The third kappa shape index (κ3) is 5.60. The highest BCUT2D eigenvalue weighted by molar-refractivity contribution is 5.91. The fourth-order valence-corrected chi connectivity index (χ4v) is 3.87. The largest absolute Gasteiger partial charge is 0.497 e. The zero-order valence-electron chi connectivity index (χ0n) is 20.4. The van der Waals surface area contributed by atoms with Gasteiger partial charge in [0.1, 0.15) is 24.3 Å². The number of H-pyrrole nitrogens is 1. The Morgan fingerprint density at radius 1 is 1.19 bits per heavy atom. The van der Waals surface area contributed by atoms with Gasteiger partial charge in [-0.05, 0) is 47.9 Å². The molecular formula is C28H24N4O5. The van der Waals surface area contributed by atoms with Crippen LogP contribution in [-0.4, -0.2) is 29.1 Å². The molecule has 37 heavy (non-hydrogen) atoms. The van der Waals surface area contributed by atoms with E-state index in [0.717, 1.165) is 11.1 Å². The van der Waals surface area contributed by atoms with Crippen LogP contribution in [-0.2, 0) is 13.0 Å². The summed E-state index contributed by atoms with van der Waals surface area (Å²) >= 11 is 0. The number of nitro benzene ring substituents is 1. The number of nitrogens with zero attached hydrogens (tertiary/aromatic N) is 3. The minimum Gasteiger partial charge on any atom is -0.497 e. The summed E-state index contributed by atoms with van der Waals surface area (Å²) in [5, 5.41) is 21.0. The molecule has 1 heterocycles. The molecule has 0 fully saturated rings. The number of imidazole rings is 1. The Hall–Kier alpha value is -5.10. The third-order valence-corrected chi connectivity index (χ3v) is 5.62. The summed E-state index contributed by atoms with van der Waals surface area (Å²) in [6.45, 7) is 3.94. The van der Waals surface area contributed by atoms with E-state index >= 15 is 0 Å². The van der Waals surface area contributed by atoms with E-state index in [1.54, 1.807) is 37.5 Å². The van der Waals surface area contributed by atoms with E-state index in [0.29, 0.717) is 51.7 Å². The molecule has 0 saturated heterocycles. The molecule has 186 valence electrons. The Labute approximate surface area is 213 Å². The Morgan fingerprint density at radius 2 is 2.03 bits per heavy atom. The molecule has 1 aromatic heterocycles. The molecule has 1 N–H and O–H groups in total. The van der Waals surface area contributed by atoms with Crippen LogP contribution in [0.1, 0.15) is 22.5 Å². The van der Waals surface area contributed by atoms with Crippen molar-refractivity contribution in [3.63, 3.8) is 0 Å². The first kappa shape index (κ1) is 25.0. The zero-order chi connectivity index (χ0) is 26.4. The van der Waals surface area contributed by atoms with Crippen LogP contribution in [0.25, 0.3) is 22.7 Å². The number of benzene rings is 3. The van der Waals surface area contributed by atoms with Gasteiger partial charge in [0.2, 0.25) is 0 Å². The molecule has 0 unspecified atom stereocenters. The first-order valence-electron chi connectivity index (χ1n) is 11.3. The van der Waals surface area contributed by atoms with Crippen LogP contribution in [0.2, 0.25) is 0 Å². The summed E-state index contributed by atoms with van der Waals surface area (Å²) in [6.07, 6.45) is 3.93. The molecule has 0 aliphatic carbocycles. The van der Waals surface area contributed by atoms with Gasteiger partial charge in [0, 0.05) is 23.8 Å². The van der Waals surface area contributed by atoms with Gasteiger partial charge in [0.05, 0.1) is 35.7 Å². The minimum atomic E-state index is -0.445. The van der Waals surface area contributed by atoms with Crippen molar-refractivity contribution < 1.29 is 19.1 Å². The monoisotopic (exact) mass is 496 g/mol. The predicted molar refractivity (Wildman–Crippen MR) is 140 cm³/mol. The number of fused-ring (bicyclic) bond motifs is 1. The van der Waals surface area contributed by atoms with Crippen LogP contribution < -0.4 is 14.2 Å². The number of aromatic nitrogens is 2. The summed E-state index contributed by atoms with van der Waals surface area (Å²) in [5.74, 6) is 2.08. The molecule has 4 aromatic rings. The quantitative estimate of drug-likeness (QED) is 0.126. The number of nitro groups is 1. The number of hydrogen-bond donors (Lipinski definition) is 1. The van der Waals surface area contributed by atoms with Gasteiger partial charge in [-0.2, -0.15) is 5.26 Å². The number of methoxy groups -OCH3 is 2. The lowest BCUT2D eigenvalue weighted by molar-refractivity contribution is -0.384. The highest BCUT2D eigenvalue weighted by Gasteiger charge is 2.15. The molecule has 0 bridgehead atoms. The number of ether oxygens (including phenoxy) is 3. The summed E-state index contributed by atoms with van der Waals surface area (Å²) in [4.78, 5) is 18.4. The maximum absolute atomic E-state index is 11.1. The van der Waals surface area contributed by atoms with Crippen molar-refractivity contribution in [2.24, 2.45) is 0 Å². The van der Waals surface area contributed by atoms with Crippen molar-refractivity contribution in [3.05, 3.63) is 99.9 Å². The van der Waals surface area contributed by atoms with Crippen LogP contribution >= 0.6 is 0 Å². The maximum atomic E-state index is 11.1. The average Bonchev–Trinajstić information content (AvgIpc) is 3.34. The number of aromatic amines is 1. The standard InChI is InChI=1S/C28H24N4O5/c1-4-6-20-11-19(12-21(16-29)28-30-24-10-9-23(35-2)15-25(24)31-28)14-26(36-3)27(20)37-17-18-7-5-8-22(13-18)32(33)34/h4-5,7-15H,1,6,17H2,2-3H3,(H,30,31)/b21-12-. The molecule has 0 saturated carbocycles. The SMILES string of the molecule is C=CCc1cc(/C=C(/C#N)c2nc3ccc(OC)cc3[nH]2)cc(OC)c1OCc1cccc([N+](=O)[O-])c1. The van der Waals surface area contributed by atoms with Gasteiger partial charge in [0.15, 0.2) is 11.5 Å². The third-order valence-electron chi connectivity index (χ3n) is 5.62. The van der Waals surface area contributed by atoms with Gasteiger partial charge in [-0.15, -0.1) is 6.58 Å². The first-order chi connectivity index (χ1) is 17.9. The summed E-state index contributed by atoms with van der Waals surface area (Å²) in [5.41, 5.74) is 3.96. The number of non-ortho nitro benzene ring substituents is 1. The topological polar surface area (TPSA) is 123 Å². The van der Waals surface area contributed by atoms with Crippen molar-refractivity contribution in [2.45, 2.75) is 13.0 Å². The lowest BCUT2D eigenvalue weighted by Gasteiger charge is -2.16. The van der Waals surface area contributed by atoms with Crippen LogP contribution in [0, 0.1) is 21.4 Å². The fraction of sp³-hybridized carbons (Fsp3) is 0.143. The predicted octanol–water partition coefficient (Wildman–Crippen LogP) is 5.86. The van der Waals surface area contributed by atoms with Gasteiger partial charge >= 0.3 is 0 Å². The number of nitrogens with one attached hydrogen (secondary N) is 1. The minimum absolute atomic E-state index is 0.00655. The molecule has 3 aromatic carbocycles. The highest BCUT2D eigenvalue weighted by atomic mass is 16.6. The molecule has 0 atom stereocenters. The first-order valence-corrected chi connectivity index (χ1v) is 11.3. The maximum Gasteiger partial charge on any atom is 0.269 e. The van der Waals surface area contributed by atoms with Crippen molar-refractivity contribution >= 4 is 28.4 Å². The molecule has 0 aliphatic rings. The molecular weight excluding hydrogens is 472 g/mol. The van der Waals surface area contributed by atoms with Crippen LogP contribution in [0.4, 0.5) is 5.69 Å². The molecule has 0 amide bonds. The van der Waals surface area contributed by atoms with Crippen LogP contribution in [0.5, 0.6) is 17.2 Å². The normalized spacial score (nSPS) is 11.1. The Bertz CT molecular complexity index is 1550. The van der Waals surface area contributed by atoms with E-state index in [9.17, 15) is 15.4 Å². The Kier molecular flexibility index (Phi) is 7.50. The second-order valence-electron chi connectivity index (χ2n) is 8.06. The van der Waals surface area contributed by atoms with E-state index in [1.807, 2.05) is 24.3 Å². The zero-order valence-corrected chi connectivity index (χ0v) is 20.4. The molecule has 0 aliphatic heterocycles. The Morgan fingerprint density at radius 3 is 2.73 bits per heavy atom. The molecule has 0 radical (unpaired) electrons. The van der Waals surface area contributed by atoms with E-state index in [4.69, 9.17) is 14.2 Å². The van der Waals surface area contributed by atoms with Gasteiger partial charge in [-0.3, -0.25) is 10.1 Å². The average molecular weight is 497 g/mol. The summed E-state index contributed by atoms with van der Waals surface area (Å²) < 4.78 is 16.9. The number of hydrogen-bond acceptors (Lipinski definition) is 7. The van der Waals surface area contributed by atoms with Crippen molar-refractivity contribution in [3.8, 4) is 23.3 Å². The summed E-state index contributed by atoms with van der Waals surface area (Å²) in [7, 11) is 3.11. The highest BCUT2D eigenvalue weighted by Crippen LogP contribution is 2.35. The smallest absolute Gasteiger partial charge is 0.269 e. The number of allylic oxidation sites excluding steroid dienone is 2. The van der Waals surface area contributed by atoms with E-state index in [2.05, 4.69) is 22.6 Å². The van der Waals surface area contributed by atoms with Gasteiger partial charge < -0.3 is 19.2 Å². The van der Waals surface area contributed by atoms with Crippen LogP contribution in [0.3, 0.4) is 0 Å². The van der Waals surface area contributed by atoms with E-state index in [-0.39, 0.29) is 12.3 Å².